The van der Waals surface area contributed by atoms with Crippen LogP contribution < -0.4 is 10.5 Å². The fraction of sp³-hybridized carbons (Fsp3) is 0.190. The number of hydrogen-bond acceptors (Lipinski definition) is 4. The zero-order valence-corrected chi connectivity index (χ0v) is 17.5. The first-order valence-corrected chi connectivity index (χ1v) is 10.7. The van der Waals surface area contributed by atoms with Gasteiger partial charge in [0.15, 0.2) is 5.58 Å². The lowest BCUT2D eigenvalue weighted by atomic mass is 10.2. The van der Waals surface area contributed by atoms with Crippen molar-refractivity contribution < 1.29 is 17.2 Å². The van der Waals surface area contributed by atoms with Crippen LogP contribution in [-0.4, -0.2) is 17.6 Å². The number of nitrogens with zero attached hydrogens (tertiary/aromatic N) is 2. The van der Waals surface area contributed by atoms with E-state index < -0.39 is 15.8 Å². The zero-order chi connectivity index (χ0) is 21.6. The van der Waals surface area contributed by atoms with E-state index in [1.54, 1.807) is 19.2 Å². The minimum Gasteiger partial charge on any atom is -0.408 e. The van der Waals surface area contributed by atoms with E-state index in [2.05, 4.69) is 4.72 Å². The minimum atomic E-state index is -3.82. The molecule has 0 fully saturated rings. The normalized spacial score (nSPS) is 12.0. The molecule has 0 atom stereocenters. The Morgan fingerprint density at radius 3 is 2.47 bits per heavy atom. The van der Waals surface area contributed by atoms with E-state index in [1.165, 1.54) is 34.9 Å². The number of sulfonamides is 1. The molecule has 0 amide bonds. The summed E-state index contributed by atoms with van der Waals surface area (Å²) in [6, 6.07) is 12.3. The molecule has 0 aliphatic carbocycles. The van der Waals surface area contributed by atoms with Crippen molar-refractivity contribution in [1.82, 2.24) is 13.9 Å². The Hall–Kier alpha value is -3.17. The summed E-state index contributed by atoms with van der Waals surface area (Å²) in [5.74, 6) is -0.874. The van der Waals surface area contributed by atoms with Crippen molar-refractivity contribution in [3.05, 3.63) is 81.9 Å². The molecule has 0 aliphatic heterocycles. The van der Waals surface area contributed by atoms with E-state index in [0.29, 0.717) is 5.52 Å². The van der Waals surface area contributed by atoms with E-state index in [-0.39, 0.29) is 22.8 Å². The first-order valence-electron chi connectivity index (χ1n) is 9.20. The second-order valence-electron chi connectivity index (χ2n) is 7.09. The fourth-order valence-corrected chi connectivity index (χ4v) is 4.55. The highest BCUT2D eigenvalue weighted by Gasteiger charge is 2.18. The number of rotatable bonds is 5. The molecule has 2 aromatic carbocycles. The average molecular weight is 429 g/mol. The Bertz CT molecular complexity index is 1410. The van der Waals surface area contributed by atoms with Gasteiger partial charge >= 0.3 is 5.76 Å². The molecule has 9 heteroatoms. The quantitative estimate of drug-likeness (QED) is 0.528. The summed E-state index contributed by atoms with van der Waals surface area (Å²) >= 11 is 0. The van der Waals surface area contributed by atoms with E-state index in [4.69, 9.17) is 4.42 Å². The first-order chi connectivity index (χ1) is 14.2. The molecule has 156 valence electrons. The Labute approximate surface area is 172 Å². The highest BCUT2D eigenvalue weighted by Crippen LogP contribution is 2.22. The van der Waals surface area contributed by atoms with Gasteiger partial charge in [0.1, 0.15) is 5.82 Å². The molecule has 1 N–H and O–H groups in total. The van der Waals surface area contributed by atoms with Gasteiger partial charge in [-0.15, -0.1) is 0 Å². The standard InChI is InChI=1S/C21H20FN3O4S/c1-13-10-15(14(2)25(13)17-6-4-16(22)5-7-17)12-23-30(27,28)18-8-9-19-20(11-18)29-21(26)24(19)3/h4-11,23H,12H2,1-3H3. The second-order valence-corrected chi connectivity index (χ2v) is 8.86. The van der Waals surface area contributed by atoms with E-state index in [1.807, 2.05) is 24.5 Å². The van der Waals surface area contributed by atoms with Crippen LogP contribution in [0.2, 0.25) is 0 Å². The highest BCUT2D eigenvalue weighted by atomic mass is 32.2. The summed E-state index contributed by atoms with van der Waals surface area (Å²) in [7, 11) is -2.27. The van der Waals surface area contributed by atoms with Gasteiger partial charge in [0.25, 0.3) is 0 Å². The molecule has 30 heavy (non-hydrogen) atoms. The van der Waals surface area contributed by atoms with Gasteiger partial charge in [-0.1, -0.05) is 0 Å². The maximum absolute atomic E-state index is 13.2. The lowest BCUT2D eigenvalue weighted by molar-refractivity contribution is 0.527. The van der Waals surface area contributed by atoms with Gasteiger partial charge in [-0.2, -0.15) is 0 Å². The lowest BCUT2D eigenvalue weighted by Gasteiger charge is -2.11. The third-order valence-corrected chi connectivity index (χ3v) is 6.55. The zero-order valence-electron chi connectivity index (χ0n) is 16.6. The fourth-order valence-electron chi connectivity index (χ4n) is 3.53. The molecule has 4 aromatic rings. The molecule has 4 rings (SSSR count). The first kappa shape index (κ1) is 20.1. The van der Waals surface area contributed by atoms with Crippen molar-refractivity contribution in [2.24, 2.45) is 7.05 Å². The van der Waals surface area contributed by atoms with Crippen LogP contribution in [-0.2, 0) is 23.6 Å². The van der Waals surface area contributed by atoms with Crippen LogP contribution in [0.1, 0.15) is 17.0 Å². The molecule has 0 spiro atoms. The number of oxazole rings is 1. The molecule has 0 saturated carbocycles. The summed E-state index contributed by atoms with van der Waals surface area (Å²) < 4.78 is 49.7. The number of fused-ring (bicyclic) bond motifs is 1. The lowest BCUT2D eigenvalue weighted by Crippen LogP contribution is -2.23. The molecule has 0 saturated heterocycles. The number of aryl methyl sites for hydroxylation is 2. The summed E-state index contributed by atoms with van der Waals surface area (Å²) in [4.78, 5) is 11.6. The van der Waals surface area contributed by atoms with Gasteiger partial charge in [0.2, 0.25) is 10.0 Å². The van der Waals surface area contributed by atoms with Gasteiger partial charge in [-0.05, 0) is 61.9 Å². The largest absolute Gasteiger partial charge is 0.419 e. The third kappa shape index (κ3) is 3.46. The predicted molar refractivity (Wildman–Crippen MR) is 111 cm³/mol. The van der Waals surface area contributed by atoms with Gasteiger partial charge in [-0.25, -0.2) is 22.3 Å². The van der Waals surface area contributed by atoms with E-state index in [0.717, 1.165) is 22.6 Å². The van der Waals surface area contributed by atoms with Gasteiger partial charge < -0.3 is 8.98 Å². The summed E-state index contributed by atoms with van der Waals surface area (Å²) in [6.07, 6.45) is 0. The summed E-state index contributed by atoms with van der Waals surface area (Å²) in [5, 5.41) is 0. The van der Waals surface area contributed by atoms with Crippen molar-refractivity contribution in [3.63, 3.8) is 0 Å². The Balaban J connectivity index is 1.60. The molecule has 0 bridgehead atoms. The third-order valence-electron chi connectivity index (χ3n) is 5.15. The summed E-state index contributed by atoms with van der Waals surface area (Å²) in [5.41, 5.74) is 4.08. The van der Waals surface area contributed by atoms with Crippen LogP contribution in [0, 0.1) is 19.7 Å². The van der Waals surface area contributed by atoms with Crippen LogP contribution in [0.4, 0.5) is 4.39 Å². The van der Waals surface area contributed by atoms with Crippen molar-refractivity contribution in [3.8, 4) is 5.69 Å². The second kappa shape index (κ2) is 7.26. The molecule has 0 unspecified atom stereocenters. The smallest absolute Gasteiger partial charge is 0.408 e. The molecule has 7 nitrogen and oxygen atoms in total. The minimum absolute atomic E-state index is 0.0108. The monoisotopic (exact) mass is 429 g/mol. The van der Waals surface area contributed by atoms with Gasteiger partial charge in [0.05, 0.1) is 10.4 Å². The van der Waals surface area contributed by atoms with Crippen LogP contribution in [0.25, 0.3) is 16.8 Å². The van der Waals surface area contributed by atoms with Crippen molar-refractivity contribution in [1.29, 1.82) is 0 Å². The maximum atomic E-state index is 13.2. The number of halogens is 1. The van der Waals surface area contributed by atoms with Crippen LogP contribution >= 0.6 is 0 Å². The Morgan fingerprint density at radius 1 is 1.07 bits per heavy atom. The van der Waals surface area contributed by atoms with E-state index in [9.17, 15) is 17.6 Å². The summed E-state index contributed by atoms with van der Waals surface area (Å²) in [6.45, 7) is 3.87. The van der Waals surface area contributed by atoms with Crippen LogP contribution in [0.5, 0.6) is 0 Å². The molecular formula is C21H20FN3O4S. The van der Waals surface area contributed by atoms with E-state index >= 15 is 0 Å². The SMILES string of the molecule is Cc1cc(CNS(=O)(=O)c2ccc3c(c2)oc(=O)n3C)c(C)n1-c1ccc(F)cc1. The number of nitrogens with one attached hydrogen (secondary N) is 1. The molecular weight excluding hydrogens is 409 g/mol. The van der Waals surface area contributed by atoms with Crippen molar-refractivity contribution >= 4 is 21.1 Å². The topological polar surface area (TPSA) is 86.2 Å². The predicted octanol–water partition coefficient (Wildman–Crippen LogP) is 3.16. The van der Waals surface area contributed by atoms with Crippen molar-refractivity contribution in [2.45, 2.75) is 25.3 Å². The number of benzene rings is 2. The highest BCUT2D eigenvalue weighted by molar-refractivity contribution is 7.89. The molecule has 0 radical (unpaired) electrons. The van der Waals surface area contributed by atoms with Gasteiger partial charge in [0, 0.05) is 36.7 Å². The van der Waals surface area contributed by atoms with Crippen molar-refractivity contribution in [2.75, 3.05) is 0 Å². The molecule has 2 aromatic heterocycles. The Morgan fingerprint density at radius 2 is 1.77 bits per heavy atom. The molecule has 2 heterocycles. The van der Waals surface area contributed by atoms with Crippen LogP contribution in [0.3, 0.4) is 0 Å². The number of hydrogen-bond donors (Lipinski definition) is 1. The van der Waals surface area contributed by atoms with Gasteiger partial charge in [-0.3, -0.25) is 4.57 Å². The van der Waals surface area contributed by atoms with Crippen LogP contribution in [0.15, 0.2) is 62.6 Å². The maximum Gasteiger partial charge on any atom is 0.419 e. The number of aromatic nitrogens is 2. The molecule has 0 aliphatic rings. The average Bonchev–Trinajstić information content (AvgIpc) is 3.15. The Kier molecular flexibility index (Phi) is 4.87.